The van der Waals surface area contributed by atoms with Gasteiger partial charge in [0.15, 0.2) is 0 Å². The summed E-state index contributed by atoms with van der Waals surface area (Å²) in [6.07, 6.45) is 3.40. The van der Waals surface area contributed by atoms with Crippen molar-refractivity contribution < 1.29 is 4.21 Å². The van der Waals surface area contributed by atoms with E-state index in [1.165, 1.54) is 6.42 Å². The van der Waals surface area contributed by atoms with Gasteiger partial charge in [-0.05, 0) is 54.5 Å². The van der Waals surface area contributed by atoms with Crippen molar-refractivity contribution in [3.63, 3.8) is 0 Å². The van der Waals surface area contributed by atoms with Gasteiger partial charge in [0, 0.05) is 5.25 Å². The van der Waals surface area contributed by atoms with Crippen LogP contribution in [0.4, 0.5) is 0 Å². The second-order valence-electron chi connectivity index (χ2n) is 6.64. The maximum atomic E-state index is 12.8. The molecule has 1 heterocycles. The molecule has 108 valence electrons. The van der Waals surface area contributed by atoms with E-state index >= 15 is 0 Å². The van der Waals surface area contributed by atoms with E-state index in [1.54, 1.807) is 11.3 Å². The van der Waals surface area contributed by atoms with Crippen LogP contribution in [0.5, 0.6) is 0 Å². The molecule has 4 heteroatoms. The average Bonchev–Trinajstić information content (AvgIpc) is 2.90. The van der Waals surface area contributed by atoms with Crippen molar-refractivity contribution in [1.29, 1.82) is 0 Å². The fraction of sp³-hybridized carbons (Fsp3) is 0.733. The van der Waals surface area contributed by atoms with Gasteiger partial charge in [-0.1, -0.05) is 26.8 Å². The van der Waals surface area contributed by atoms with Gasteiger partial charge in [-0.3, -0.25) is 4.21 Å². The molecule has 2 rings (SSSR count). The predicted molar refractivity (Wildman–Crippen MR) is 83.9 cm³/mol. The summed E-state index contributed by atoms with van der Waals surface area (Å²) < 4.78 is 13.8. The van der Waals surface area contributed by atoms with Crippen LogP contribution in [0.1, 0.15) is 40.0 Å². The van der Waals surface area contributed by atoms with Gasteiger partial charge in [-0.15, -0.1) is 11.3 Å². The van der Waals surface area contributed by atoms with Gasteiger partial charge < -0.3 is 5.73 Å². The highest BCUT2D eigenvalue weighted by atomic mass is 32.2. The van der Waals surface area contributed by atoms with Crippen molar-refractivity contribution in [2.24, 2.45) is 23.0 Å². The smallest absolute Gasteiger partial charge is 0.0913 e. The van der Waals surface area contributed by atoms with E-state index in [-0.39, 0.29) is 5.25 Å². The molecule has 4 atom stereocenters. The van der Waals surface area contributed by atoms with E-state index in [1.807, 2.05) is 17.5 Å². The summed E-state index contributed by atoms with van der Waals surface area (Å²) in [4.78, 5) is 0. The summed E-state index contributed by atoms with van der Waals surface area (Å²) in [5, 5.41) is 2.25. The Morgan fingerprint density at radius 3 is 2.68 bits per heavy atom. The summed E-state index contributed by atoms with van der Waals surface area (Å²) in [7, 11) is -0.886. The SMILES string of the molecule is CC(C)(C)C1CCC(CN)C(S(=O)c2cccs2)C1. The summed E-state index contributed by atoms with van der Waals surface area (Å²) in [5.41, 5.74) is 6.21. The number of hydrogen-bond donors (Lipinski definition) is 1. The van der Waals surface area contributed by atoms with Crippen molar-refractivity contribution in [2.45, 2.75) is 49.5 Å². The lowest BCUT2D eigenvalue weighted by molar-refractivity contribution is 0.156. The van der Waals surface area contributed by atoms with Gasteiger partial charge >= 0.3 is 0 Å². The Morgan fingerprint density at radius 1 is 1.42 bits per heavy atom. The summed E-state index contributed by atoms with van der Waals surface area (Å²) >= 11 is 1.60. The molecule has 0 radical (unpaired) electrons. The summed E-state index contributed by atoms with van der Waals surface area (Å²) in [5.74, 6) is 1.07. The molecule has 0 spiro atoms. The molecule has 1 fully saturated rings. The first kappa shape index (κ1) is 15.2. The van der Waals surface area contributed by atoms with E-state index in [0.717, 1.165) is 17.1 Å². The molecular weight excluding hydrogens is 274 g/mol. The van der Waals surface area contributed by atoms with E-state index in [2.05, 4.69) is 20.8 Å². The zero-order valence-corrected chi connectivity index (χ0v) is 13.7. The zero-order valence-electron chi connectivity index (χ0n) is 12.1. The van der Waals surface area contributed by atoms with Crippen LogP contribution < -0.4 is 5.73 Å². The molecule has 19 heavy (non-hydrogen) atoms. The number of thiophene rings is 1. The average molecular weight is 300 g/mol. The Hall–Kier alpha value is -0.190. The van der Waals surface area contributed by atoms with Crippen molar-refractivity contribution in [1.82, 2.24) is 0 Å². The third-order valence-corrected chi connectivity index (χ3v) is 7.53. The van der Waals surface area contributed by atoms with Gasteiger partial charge in [0.1, 0.15) is 0 Å². The van der Waals surface area contributed by atoms with Crippen LogP contribution in [-0.4, -0.2) is 16.0 Å². The molecule has 1 aliphatic carbocycles. The van der Waals surface area contributed by atoms with Gasteiger partial charge in [0.05, 0.1) is 15.0 Å². The van der Waals surface area contributed by atoms with E-state index in [9.17, 15) is 4.21 Å². The Kier molecular flexibility index (Phi) is 4.85. The first-order chi connectivity index (χ1) is 8.93. The molecule has 1 saturated carbocycles. The Morgan fingerprint density at radius 2 is 2.16 bits per heavy atom. The van der Waals surface area contributed by atoms with Crippen molar-refractivity contribution in [3.05, 3.63) is 17.5 Å². The van der Waals surface area contributed by atoms with Crippen molar-refractivity contribution in [2.75, 3.05) is 6.54 Å². The normalized spacial score (nSPS) is 30.2. The Balaban J connectivity index is 2.17. The highest BCUT2D eigenvalue weighted by Crippen LogP contribution is 2.42. The lowest BCUT2D eigenvalue weighted by atomic mass is 9.69. The van der Waals surface area contributed by atoms with Gasteiger partial charge in [0.25, 0.3) is 0 Å². The van der Waals surface area contributed by atoms with Crippen LogP contribution in [-0.2, 0) is 10.8 Å². The molecule has 2 N–H and O–H groups in total. The second kappa shape index (κ2) is 6.06. The fourth-order valence-electron chi connectivity index (χ4n) is 3.04. The lowest BCUT2D eigenvalue weighted by Crippen LogP contribution is -2.40. The van der Waals surface area contributed by atoms with Crippen LogP contribution in [0.3, 0.4) is 0 Å². The summed E-state index contributed by atoms with van der Waals surface area (Å²) in [6.45, 7) is 7.56. The number of hydrogen-bond acceptors (Lipinski definition) is 3. The monoisotopic (exact) mass is 299 g/mol. The van der Waals surface area contributed by atoms with Crippen LogP contribution in [0.15, 0.2) is 21.7 Å². The minimum atomic E-state index is -0.886. The van der Waals surface area contributed by atoms with E-state index in [0.29, 0.717) is 23.8 Å². The summed E-state index contributed by atoms with van der Waals surface area (Å²) in [6, 6.07) is 3.98. The molecular formula is C15H25NOS2. The highest BCUT2D eigenvalue weighted by Gasteiger charge is 2.38. The van der Waals surface area contributed by atoms with E-state index in [4.69, 9.17) is 5.73 Å². The first-order valence-corrected chi connectivity index (χ1v) is 9.17. The van der Waals surface area contributed by atoms with Crippen LogP contribution >= 0.6 is 11.3 Å². The maximum Gasteiger partial charge on any atom is 0.0913 e. The maximum absolute atomic E-state index is 12.8. The van der Waals surface area contributed by atoms with Crippen LogP contribution in [0.2, 0.25) is 0 Å². The molecule has 1 aromatic heterocycles. The molecule has 0 amide bonds. The molecule has 1 aromatic rings. The van der Waals surface area contributed by atoms with Gasteiger partial charge in [-0.25, -0.2) is 0 Å². The molecule has 1 aliphatic rings. The third-order valence-electron chi connectivity index (χ3n) is 4.42. The predicted octanol–water partition coefficient (Wildman–Crippen LogP) is 3.65. The second-order valence-corrected chi connectivity index (χ2v) is 9.49. The minimum Gasteiger partial charge on any atom is -0.330 e. The minimum absolute atomic E-state index is 0.238. The molecule has 0 aromatic carbocycles. The van der Waals surface area contributed by atoms with E-state index < -0.39 is 10.8 Å². The standard InChI is InChI=1S/C15H25NOS2/c1-15(2,3)12-7-6-11(10-16)13(9-12)19(17)14-5-4-8-18-14/h4-5,8,11-13H,6-7,9-10,16H2,1-3H3. The molecule has 2 nitrogen and oxygen atoms in total. The van der Waals surface area contributed by atoms with Gasteiger partial charge in [-0.2, -0.15) is 0 Å². The van der Waals surface area contributed by atoms with Crippen molar-refractivity contribution in [3.8, 4) is 0 Å². The molecule has 0 saturated heterocycles. The largest absolute Gasteiger partial charge is 0.330 e. The van der Waals surface area contributed by atoms with Crippen LogP contribution in [0, 0.1) is 17.3 Å². The Labute approximate surface area is 123 Å². The Bertz CT molecular complexity index is 422. The topological polar surface area (TPSA) is 43.1 Å². The van der Waals surface area contributed by atoms with Crippen molar-refractivity contribution >= 4 is 22.1 Å². The first-order valence-electron chi connectivity index (χ1n) is 7.07. The molecule has 4 unspecified atom stereocenters. The third kappa shape index (κ3) is 3.47. The van der Waals surface area contributed by atoms with Gasteiger partial charge in [0.2, 0.25) is 0 Å². The zero-order chi connectivity index (χ0) is 14.0. The fourth-order valence-corrected chi connectivity index (χ4v) is 5.92. The quantitative estimate of drug-likeness (QED) is 0.926. The molecule has 0 bridgehead atoms. The number of nitrogens with two attached hydrogens (primary N) is 1. The highest BCUT2D eigenvalue weighted by molar-refractivity contribution is 7.87. The number of rotatable bonds is 3. The van der Waals surface area contributed by atoms with Crippen LogP contribution in [0.25, 0.3) is 0 Å². The lowest BCUT2D eigenvalue weighted by Gasteiger charge is -2.41. The molecule has 0 aliphatic heterocycles.